The van der Waals surface area contributed by atoms with Gasteiger partial charge >= 0.3 is 5.97 Å². The third-order valence-corrected chi connectivity index (χ3v) is 5.73. The van der Waals surface area contributed by atoms with Gasteiger partial charge in [-0.2, -0.15) is 17.0 Å². The zero-order valence-electron chi connectivity index (χ0n) is 12.7. The standard InChI is InChI=1S/C13H26N2O4S/c1-10(2)15(6-5-13(16)17)20(18,19)14-8-11(3)7-12(4)9-14/h10-12H,5-9H2,1-4H3,(H,16,17). The minimum Gasteiger partial charge on any atom is -0.481 e. The monoisotopic (exact) mass is 306 g/mol. The molecule has 1 fully saturated rings. The molecule has 118 valence electrons. The molecule has 0 saturated carbocycles. The van der Waals surface area contributed by atoms with Crippen molar-refractivity contribution in [3.63, 3.8) is 0 Å². The summed E-state index contributed by atoms with van der Waals surface area (Å²) < 4.78 is 28.2. The van der Waals surface area contributed by atoms with Gasteiger partial charge in [0.15, 0.2) is 0 Å². The average molecular weight is 306 g/mol. The summed E-state index contributed by atoms with van der Waals surface area (Å²) in [5, 5.41) is 8.77. The third kappa shape index (κ3) is 4.43. The molecule has 0 aromatic heterocycles. The lowest BCUT2D eigenvalue weighted by Gasteiger charge is -2.38. The van der Waals surface area contributed by atoms with Gasteiger partial charge in [0.25, 0.3) is 10.2 Å². The smallest absolute Gasteiger partial charge is 0.304 e. The van der Waals surface area contributed by atoms with Crippen LogP contribution in [0.3, 0.4) is 0 Å². The molecule has 0 spiro atoms. The minimum atomic E-state index is -3.58. The van der Waals surface area contributed by atoms with E-state index in [4.69, 9.17) is 5.11 Å². The Labute approximate surface area is 121 Å². The van der Waals surface area contributed by atoms with Gasteiger partial charge in [0, 0.05) is 25.7 Å². The fourth-order valence-corrected chi connectivity index (χ4v) is 4.83. The molecule has 0 aromatic carbocycles. The quantitative estimate of drug-likeness (QED) is 0.804. The molecule has 0 bridgehead atoms. The van der Waals surface area contributed by atoms with Crippen molar-refractivity contribution in [2.45, 2.75) is 46.6 Å². The molecule has 1 rings (SSSR count). The summed E-state index contributed by atoms with van der Waals surface area (Å²) in [5.74, 6) is -0.310. The fraction of sp³-hybridized carbons (Fsp3) is 0.923. The van der Waals surface area contributed by atoms with E-state index in [0.717, 1.165) is 6.42 Å². The number of carboxylic acids is 1. The Morgan fingerprint density at radius 3 is 2.20 bits per heavy atom. The first kappa shape index (κ1) is 17.4. The van der Waals surface area contributed by atoms with Crippen molar-refractivity contribution in [1.82, 2.24) is 8.61 Å². The molecule has 7 heteroatoms. The van der Waals surface area contributed by atoms with Gasteiger partial charge in [0.05, 0.1) is 6.42 Å². The molecule has 1 saturated heterocycles. The summed E-state index contributed by atoms with van der Waals surface area (Å²) in [6, 6.07) is -0.244. The number of rotatable bonds is 6. The Morgan fingerprint density at radius 2 is 1.80 bits per heavy atom. The lowest BCUT2D eigenvalue weighted by Crippen LogP contribution is -2.51. The van der Waals surface area contributed by atoms with Gasteiger partial charge in [-0.05, 0) is 32.1 Å². The Balaban J connectivity index is 2.89. The van der Waals surface area contributed by atoms with E-state index in [2.05, 4.69) is 13.8 Å². The van der Waals surface area contributed by atoms with Gasteiger partial charge in [-0.25, -0.2) is 0 Å². The summed E-state index contributed by atoms with van der Waals surface area (Å²) in [6.07, 6.45) is 0.860. The first-order chi connectivity index (χ1) is 9.14. The van der Waals surface area contributed by atoms with Gasteiger partial charge in [0.2, 0.25) is 0 Å². The van der Waals surface area contributed by atoms with E-state index in [9.17, 15) is 13.2 Å². The molecule has 2 unspecified atom stereocenters. The van der Waals surface area contributed by atoms with Crippen molar-refractivity contribution in [3.05, 3.63) is 0 Å². The third-order valence-electron chi connectivity index (χ3n) is 3.58. The van der Waals surface area contributed by atoms with Crippen molar-refractivity contribution >= 4 is 16.2 Å². The second-order valence-corrected chi connectivity index (χ2v) is 8.00. The van der Waals surface area contributed by atoms with Gasteiger partial charge in [-0.15, -0.1) is 0 Å². The van der Waals surface area contributed by atoms with E-state index in [1.807, 2.05) is 0 Å². The van der Waals surface area contributed by atoms with Crippen molar-refractivity contribution in [3.8, 4) is 0 Å². The lowest BCUT2D eigenvalue weighted by atomic mass is 9.94. The van der Waals surface area contributed by atoms with E-state index in [-0.39, 0.29) is 19.0 Å². The summed E-state index contributed by atoms with van der Waals surface area (Å²) in [6.45, 7) is 8.71. The van der Waals surface area contributed by atoms with E-state index < -0.39 is 16.2 Å². The summed E-state index contributed by atoms with van der Waals surface area (Å²) in [7, 11) is -3.58. The number of piperidine rings is 1. The van der Waals surface area contributed by atoms with Crippen LogP contribution >= 0.6 is 0 Å². The SMILES string of the molecule is CC1CC(C)CN(S(=O)(=O)N(CCC(=O)O)C(C)C)C1. The van der Waals surface area contributed by atoms with Crippen molar-refractivity contribution < 1.29 is 18.3 Å². The number of hydrogen-bond donors (Lipinski definition) is 1. The molecule has 6 nitrogen and oxygen atoms in total. The lowest BCUT2D eigenvalue weighted by molar-refractivity contribution is -0.137. The summed E-state index contributed by atoms with van der Waals surface area (Å²) >= 11 is 0. The Bertz CT molecular complexity index is 426. The number of hydrogen-bond acceptors (Lipinski definition) is 3. The van der Waals surface area contributed by atoms with Crippen molar-refractivity contribution in [2.75, 3.05) is 19.6 Å². The van der Waals surface area contributed by atoms with Crippen LogP contribution in [0.15, 0.2) is 0 Å². The summed E-state index contributed by atoms with van der Waals surface area (Å²) in [4.78, 5) is 10.7. The molecular formula is C13H26N2O4S. The summed E-state index contributed by atoms with van der Waals surface area (Å²) in [5.41, 5.74) is 0. The van der Waals surface area contributed by atoms with Crippen LogP contribution in [0.2, 0.25) is 0 Å². The van der Waals surface area contributed by atoms with Crippen LogP contribution in [-0.2, 0) is 15.0 Å². The molecule has 2 atom stereocenters. The van der Waals surface area contributed by atoms with Crippen LogP contribution in [0.5, 0.6) is 0 Å². The van der Waals surface area contributed by atoms with Gasteiger partial charge in [0.1, 0.15) is 0 Å². The molecule has 1 aliphatic rings. The first-order valence-corrected chi connectivity index (χ1v) is 8.53. The average Bonchev–Trinajstić information content (AvgIpc) is 2.26. The molecule has 20 heavy (non-hydrogen) atoms. The molecule has 1 N–H and O–H groups in total. The number of carboxylic acid groups (broad SMARTS) is 1. The maximum atomic E-state index is 12.7. The maximum absolute atomic E-state index is 12.7. The second kappa shape index (κ2) is 6.87. The van der Waals surface area contributed by atoms with Crippen LogP contribution < -0.4 is 0 Å². The highest BCUT2D eigenvalue weighted by Gasteiger charge is 2.35. The number of aliphatic carboxylic acids is 1. The molecule has 0 amide bonds. The van der Waals surface area contributed by atoms with E-state index >= 15 is 0 Å². The van der Waals surface area contributed by atoms with Crippen LogP contribution in [0.4, 0.5) is 0 Å². The molecular weight excluding hydrogens is 280 g/mol. The fourth-order valence-electron chi connectivity index (χ4n) is 2.79. The molecule has 0 radical (unpaired) electrons. The van der Waals surface area contributed by atoms with Crippen LogP contribution in [0.25, 0.3) is 0 Å². The second-order valence-electron chi connectivity index (χ2n) is 6.12. The van der Waals surface area contributed by atoms with Gasteiger partial charge in [-0.1, -0.05) is 13.8 Å². The van der Waals surface area contributed by atoms with E-state index in [1.165, 1.54) is 8.61 Å². The normalized spacial score (nSPS) is 25.3. The Kier molecular flexibility index (Phi) is 5.97. The van der Waals surface area contributed by atoms with Crippen molar-refractivity contribution in [2.24, 2.45) is 11.8 Å². The van der Waals surface area contributed by atoms with E-state index in [0.29, 0.717) is 24.9 Å². The molecule has 0 aromatic rings. The minimum absolute atomic E-state index is 0.0224. The van der Waals surface area contributed by atoms with Crippen LogP contribution in [0.1, 0.15) is 40.5 Å². The zero-order chi connectivity index (χ0) is 15.5. The predicted molar refractivity (Wildman–Crippen MR) is 77.5 cm³/mol. The Morgan fingerprint density at radius 1 is 1.30 bits per heavy atom. The largest absolute Gasteiger partial charge is 0.481 e. The first-order valence-electron chi connectivity index (χ1n) is 7.13. The number of nitrogens with zero attached hydrogens (tertiary/aromatic N) is 2. The maximum Gasteiger partial charge on any atom is 0.304 e. The highest BCUT2D eigenvalue weighted by Crippen LogP contribution is 2.25. The predicted octanol–water partition coefficient (Wildman–Crippen LogP) is 1.39. The van der Waals surface area contributed by atoms with Crippen LogP contribution in [-0.4, -0.2) is 53.8 Å². The van der Waals surface area contributed by atoms with E-state index in [1.54, 1.807) is 13.8 Å². The van der Waals surface area contributed by atoms with Crippen molar-refractivity contribution in [1.29, 1.82) is 0 Å². The van der Waals surface area contributed by atoms with Crippen LogP contribution in [0, 0.1) is 11.8 Å². The zero-order valence-corrected chi connectivity index (χ0v) is 13.6. The van der Waals surface area contributed by atoms with Gasteiger partial charge in [-0.3, -0.25) is 4.79 Å². The molecule has 1 aliphatic heterocycles. The number of carbonyl (C=O) groups is 1. The highest BCUT2D eigenvalue weighted by molar-refractivity contribution is 7.86. The molecule has 1 heterocycles. The Hall–Kier alpha value is -0.660. The topological polar surface area (TPSA) is 77.9 Å². The highest BCUT2D eigenvalue weighted by atomic mass is 32.2. The van der Waals surface area contributed by atoms with Gasteiger partial charge < -0.3 is 5.11 Å². The molecule has 0 aliphatic carbocycles.